The van der Waals surface area contributed by atoms with E-state index >= 15 is 0 Å². The van der Waals surface area contributed by atoms with Crippen LogP contribution in [0.2, 0.25) is 5.02 Å². The lowest BCUT2D eigenvalue weighted by molar-refractivity contribution is 0.515. The SMILES string of the molecule is C=C/C=C(\C=C/C)C(Cc1ccc(Cl)cc1)C(C)N. The van der Waals surface area contributed by atoms with Gasteiger partial charge in [0.05, 0.1) is 0 Å². The van der Waals surface area contributed by atoms with Gasteiger partial charge in [-0.15, -0.1) is 0 Å². The molecule has 0 bridgehead atoms. The minimum Gasteiger partial charge on any atom is -0.327 e. The van der Waals surface area contributed by atoms with Gasteiger partial charge in [-0.1, -0.05) is 54.6 Å². The van der Waals surface area contributed by atoms with Crippen molar-refractivity contribution >= 4 is 11.6 Å². The molecule has 19 heavy (non-hydrogen) atoms. The molecular formula is C17H22ClN. The molecule has 0 fully saturated rings. The summed E-state index contributed by atoms with van der Waals surface area (Å²) < 4.78 is 0. The summed E-state index contributed by atoms with van der Waals surface area (Å²) in [7, 11) is 0. The third kappa shape index (κ3) is 5.06. The molecule has 0 spiro atoms. The number of nitrogens with two attached hydrogens (primary N) is 1. The number of halogens is 1. The highest BCUT2D eigenvalue weighted by Gasteiger charge is 2.17. The molecule has 1 aromatic carbocycles. The maximum Gasteiger partial charge on any atom is 0.0406 e. The van der Waals surface area contributed by atoms with Crippen LogP contribution in [0.3, 0.4) is 0 Å². The van der Waals surface area contributed by atoms with Gasteiger partial charge in [0.2, 0.25) is 0 Å². The summed E-state index contributed by atoms with van der Waals surface area (Å²) in [5, 5.41) is 0.761. The predicted octanol–water partition coefficient (Wildman–Crippen LogP) is 4.53. The minimum absolute atomic E-state index is 0.0816. The Morgan fingerprint density at radius 3 is 2.47 bits per heavy atom. The summed E-state index contributed by atoms with van der Waals surface area (Å²) in [5.74, 6) is 0.273. The first-order valence-electron chi connectivity index (χ1n) is 6.53. The highest BCUT2D eigenvalue weighted by Crippen LogP contribution is 2.22. The molecule has 2 unspecified atom stereocenters. The average Bonchev–Trinajstić information content (AvgIpc) is 2.37. The second-order valence-electron chi connectivity index (χ2n) is 4.70. The van der Waals surface area contributed by atoms with Gasteiger partial charge < -0.3 is 5.73 Å². The third-order valence-corrected chi connectivity index (χ3v) is 3.35. The fourth-order valence-corrected chi connectivity index (χ4v) is 2.24. The molecule has 0 aromatic heterocycles. The van der Waals surface area contributed by atoms with E-state index in [9.17, 15) is 0 Å². The second kappa shape index (κ2) is 7.98. The molecule has 102 valence electrons. The minimum atomic E-state index is 0.0816. The third-order valence-electron chi connectivity index (χ3n) is 3.10. The summed E-state index contributed by atoms with van der Waals surface area (Å²) in [4.78, 5) is 0. The molecule has 1 rings (SSSR count). The molecule has 2 atom stereocenters. The average molecular weight is 276 g/mol. The van der Waals surface area contributed by atoms with Crippen molar-refractivity contribution in [3.8, 4) is 0 Å². The number of allylic oxidation sites excluding steroid dienone is 4. The maximum absolute atomic E-state index is 6.14. The molecule has 0 saturated heterocycles. The molecule has 2 N–H and O–H groups in total. The fourth-order valence-electron chi connectivity index (χ4n) is 2.11. The standard InChI is InChI=1S/C17H22ClN/c1-4-6-15(7-5-2)17(13(3)19)12-14-8-10-16(18)11-9-14/h4-11,13,17H,1,12,19H2,2-3H3/b7-5-,15-6+. The second-order valence-corrected chi connectivity index (χ2v) is 5.14. The van der Waals surface area contributed by atoms with E-state index in [2.05, 4.69) is 24.8 Å². The van der Waals surface area contributed by atoms with E-state index in [0.717, 1.165) is 11.4 Å². The van der Waals surface area contributed by atoms with Crippen molar-refractivity contribution in [2.24, 2.45) is 11.7 Å². The molecule has 0 aliphatic carbocycles. The monoisotopic (exact) mass is 275 g/mol. The molecule has 0 radical (unpaired) electrons. The van der Waals surface area contributed by atoms with E-state index in [0.29, 0.717) is 0 Å². The first kappa shape index (κ1) is 15.7. The lowest BCUT2D eigenvalue weighted by atomic mass is 9.86. The van der Waals surface area contributed by atoms with Crippen LogP contribution in [0.25, 0.3) is 0 Å². The normalized spacial score (nSPS) is 15.5. The summed E-state index contributed by atoms with van der Waals surface area (Å²) in [6.45, 7) is 7.83. The zero-order valence-corrected chi connectivity index (χ0v) is 12.4. The number of hydrogen-bond acceptors (Lipinski definition) is 1. The van der Waals surface area contributed by atoms with Gasteiger partial charge in [-0.2, -0.15) is 0 Å². The van der Waals surface area contributed by atoms with Crippen LogP contribution in [-0.4, -0.2) is 6.04 Å². The Kier molecular flexibility index (Phi) is 6.61. The van der Waals surface area contributed by atoms with E-state index in [1.165, 1.54) is 11.1 Å². The molecule has 1 nitrogen and oxygen atoms in total. The molecule has 0 aliphatic rings. The first-order valence-corrected chi connectivity index (χ1v) is 6.91. The number of benzene rings is 1. The van der Waals surface area contributed by atoms with Crippen molar-refractivity contribution < 1.29 is 0 Å². The first-order chi connectivity index (χ1) is 9.08. The predicted molar refractivity (Wildman–Crippen MR) is 85.4 cm³/mol. The van der Waals surface area contributed by atoms with Crippen LogP contribution in [0.5, 0.6) is 0 Å². The Hall–Kier alpha value is -1.31. The van der Waals surface area contributed by atoms with Crippen LogP contribution in [0, 0.1) is 5.92 Å². The van der Waals surface area contributed by atoms with E-state index in [-0.39, 0.29) is 12.0 Å². The maximum atomic E-state index is 6.14. The Balaban J connectivity index is 2.97. The Labute approximate surface area is 121 Å². The Morgan fingerprint density at radius 1 is 1.37 bits per heavy atom. The molecular weight excluding hydrogens is 254 g/mol. The van der Waals surface area contributed by atoms with Gasteiger partial charge >= 0.3 is 0 Å². The zero-order valence-electron chi connectivity index (χ0n) is 11.6. The van der Waals surface area contributed by atoms with Crippen LogP contribution >= 0.6 is 11.6 Å². The van der Waals surface area contributed by atoms with Gasteiger partial charge in [-0.25, -0.2) is 0 Å². The largest absolute Gasteiger partial charge is 0.327 e. The molecule has 2 heteroatoms. The lowest BCUT2D eigenvalue weighted by Crippen LogP contribution is -2.29. The van der Waals surface area contributed by atoms with Crippen molar-refractivity contribution in [1.82, 2.24) is 0 Å². The summed E-state index contributed by atoms with van der Waals surface area (Å²) >= 11 is 5.91. The van der Waals surface area contributed by atoms with Crippen LogP contribution in [0.15, 0.2) is 60.7 Å². The smallest absolute Gasteiger partial charge is 0.0406 e. The van der Waals surface area contributed by atoms with Crippen LogP contribution < -0.4 is 5.73 Å². The molecule has 0 amide bonds. The molecule has 0 aliphatic heterocycles. The summed E-state index contributed by atoms with van der Waals surface area (Å²) in [6, 6.07) is 8.03. The number of hydrogen-bond donors (Lipinski definition) is 1. The summed E-state index contributed by atoms with van der Waals surface area (Å²) in [6.07, 6.45) is 8.88. The zero-order chi connectivity index (χ0) is 14.3. The van der Waals surface area contributed by atoms with Gasteiger partial charge in [0, 0.05) is 17.0 Å². The topological polar surface area (TPSA) is 26.0 Å². The van der Waals surface area contributed by atoms with E-state index in [1.54, 1.807) is 0 Å². The van der Waals surface area contributed by atoms with Gasteiger partial charge in [-0.3, -0.25) is 0 Å². The van der Waals surface area contributed by atoms with Crippen molar-refractivity contribution in [2.45, 2.75) is 26.3 Å². The molecule has 0 saturated carbocycles. The van der Waals surface area contributed by atoms with E-state index in [1.807, 2.05) is 44.2 Å². The lowest BCUT2D eigenvalue weighted by Gasteiger charge is -2.22. The van der Waals surface area contributed by atoms with Crippen LogP contribution in [-0.2, 0) is 6.42 Å². The quantitative estimate of drug-likeness (QED) is 0.758. The van der Waals surface area contributed by atoms with Gasteiger partial charge in [0.1, 0.15) is 0 Å². The summed E-state index contributed by atoms with van der Waals surface area (Å²) in [5.41, 5.74) is 8.59. The van der Waals surface area contributed by atoms with Crippen molar-refractivity contribution in [3.05, 3.63) is 71.3 Å². The van der Waals surface area contributed by atoms with Gasteiger partial charge in [-0.05, 0) is 43.5 Å². The number of rotatable bonds is 6. The van der Waals surface area contributed by atoms with Crippen LogP contribution in [0.4, 0.5) is 0 Å². The Morgan fingerprint density at radius 2 is 2.00 bits per heavy atom. The van der Waals surface area contributed by atoms with Crippen molar-refractivity contribution in [2.75, 3.05) is 0 Å². The van der Waals surface area contributed by atoms with Crippen molar-refractivity contribution in [1.29, 1.82) is 0 Å². The molecule has 0 heterocycles. The molecule has 1 aromatic rings. The van der Waals surface area contributed by atoms with E-state index < -0.39 is 0 Å². The fraction of sp³-hybridized carbons (Fsp3) is 0.294. The van der Waals surface area contributed by atoms with E-state index in [4.69, 9.17) is 17.3 Å². The van der Waals surface area contributed by atoms with Crippen LogP contribution in [0.1, 0.15) is 19.4 Å². The van der Waals surface area contributed by atoms with Gasteiger partial charge in [0.25, 0.3) is 0 Å². The van der Waals surface area contributed by atoms with Crippen molar-refractivity contribution in [3.63, 3.8) is 0 Å². The highest BCUT2D eigenvalue weighted by atomic mass is 35.5. The highest BCUT2D eigenvalue weighted by molar-refractivity contribution is 6.30. The Bertz CT molecular complexity index is 455. The van der Waals surface area contributed by atoms with Gasteiger partial charge in [0.15, 0.2) is 0 Å².